The zero-order chi connectivity index (χ0) is 8.72. The highest BCUT2D eigenvalue weighted by Crippen LogP contribution is 2.20. The van der Waals surface area contributed by atoms with Crippen LogP contribution in [0.15, 0.2) is 22.9 Å². The molecule has 0 saturated carbocycles. The molecule has 0 aromatic carbocycles. The van der Waals surface area contributed by atoms with E-state index >= 15 is 0 Å². The molecule has 2 aromatic rings. The monoisotopic (exact) mass is 336 g/mol. The lowest BCUT2D eigenvalue weighted by molar-refractivity contribution is 1.12. The van der Waals surface area contributed by atoms with Gasteiger partial charge in [-0.1, -0.05) is 0 Å². The van der Waals surface area contributed by atoms with E-state index in [1.807, 2.05) is 6.20 Å². The normalized spacial score (nSPS) is 10.9. The Labute approximate surface area is 92.3 Å². The lowest BCUT2D eigenvalue weighted by Gasteiger charge is -1.99. The van der Waals surface area contributed by atoms with Gasteiger partial charge in [-0.3, -0.25) is 4.40 Å². The average Bonchev–Trinajstić information content (AvgIpc) is 2.33. The Hall–Kier alpha value is -0.100. The first kappa shape index (κ1) is 8.50. The Bertz CT molecular complexity index is 436. The molecule has 0 unspecified atom stereocenters. The van der Waals surface area contributed by atoms with Gasteiger partial charge in [-0.15, -0.1) is 0 Å². The second-order valence-corrected chi connectivity index (χ2v) is 4.60. The highest BCUT2D eigenvalue weighted by molar-refractivity contribution is 14.1. The van der Waals surface area contributed by atoms with Gasteiger partial charge in [-0.2, -0.15) is 0 Å². The second kappa shape index (κ2) is 2.99. The van der Waals surface area contributed by atoms with Crippen molar-refractivity contribution in [1.29, 1.82) is 0 Å². The molecule has 2 nitrogen and oxygen atoms in total. The van der Waals surface area contributed by atoms with Crippen molar-refractivity contribution in [3.63, 3.8) is 0 Å². The van der Waals surface area contributed by atoms with Crippen molar-refractivity contribution in [2.45, 2.75) is 6.92 Å². The van der Waals surface area contributed by atoms with Crippen LogP contribution in [0.1, 0.15) is 5.56 Å². The van der Waals surface area contributed by atoms with Crippen molar-refractivity contribution < 1.29 is 0 Å². The van der Waals surface area contributed by atoms with E-state index in [9.17, 15) is 0 Å². The zero-order valence-corrected chi connectivity index (χ0v) is 10.1. The van der Waals surface area contributed by atoms with Gasteiger partial charge in [-0.25, -0.2) is 4.98 Å². The zero-order valence-electron chi connectivity index (χ0n) is 6.38. The molecule has 62 valence electrons. The summed E-state index contributed by atoms with van der Waals surface area (Å²) < 4.78 is 4.25. The first-order valence-electron chi connectivity index (χ1n) is 3.47. The van der Waals surface area contributed by atoms with Gasteiger partial charge in [0.1, 0.15) is 3.70 Å². The van der Waals surface area contributed by atoms with Crippen molar-refractivity contribution in [2.75, 3.05) is 0 Å². The van der Waals surface area contributed by atoms with Crippen LogP contribution in [0.5, 0.6) is 0 Å². The van der Waals surface area contributed by atoms with E-state index in [1.165, 1.54) is 5.56 Å². The third-order valence-corrected chi connectivity index (χ3v) is 3.03. The minimum Gasteiger partial charge on any atom is -0.294 e. The van der Waals surface area contributed by atoms with Crippen LogP contribution in [0.3, 0.4) is 0 Å². The Morgan fingerprint density at radius 3 is 3.08 bits per heavy atom. The van der Waals surface area contributed by atoms with Gasteiger partial charge in [0.05, 0.1) is 10.7 Å². The second-order valence-electron chi connectivity index (χ2n) is 2.64. The van der Waals surface area contributed by atoms with Crippen LogP contribution in [0.4, 0.5) is 0 Å². The number of hydrogen-bond donors (Lipinski definition) is 0. The molecule has 2 aromatic heterocycles. The smallest absolute Gasteiger partial charge is 0.151 e. The standard InChI is InChI=1S/C8H6BrIN2/c1-5-2-6(9)8-11-3-7(10)12(8)4-5/h2-4H,1H3. The molecule has 0 spiro atoms. The summed E-state index contributed by atoms with van der Waals surface area (Å²) in [7, 11) is 0. The van der Waals surface area contributed by atoms with Crippen molar-refractivity contribution in [3.05, 3.63) is 32.2 Å². The van der Waals surface area contributed by atoms with E-state index in [4.69, 9.17) is 0 Å². The summed E-state index contributed by atoms with van der Waals surface area (Å²) in [4.78, 5) is 4.27. The molecule has 4 heteroatoms. The van der Waals surface area contributed by atoms with Crippen LogP contribution in [0.25, 0.3) is 5.65 Å². The van der Waals surface area contributed by atoms with E-state index in [0.717, 1.165) is 13.8 Å². The van der Waals surface area contributed by atoms with Gasteiger partial charge >= 0.3 is 0 Å². The molecule has 0 aliphatic rings. The molecule has 2 heterocycles. The molecule has 0 aliphatic carbocycles. The summed E-state index contributed by atoms with van der Waals surface area (Å²) in [5, 5.41) is 0. The van der Waals surface area contributed by atoms with Crippen molar-refractivity contribution in [1.82, 2.24) is 9.38 Å². The van der Waals surface area contributed by atoms with Crippen molar-refractivity contribution in [2.24, 2.45) is 0 Å². The van der Waals surface area contributed by atoms with Crippen molar-refractivity contribution >= 4 is 44.2 Å². The number of rotatable bonds is 0. The minimum atomic E-state index is 0.977. The summed E-state index contributed by atoms with van der Waals surface area (Å²) in [6.07, 6.45) is 3.94. The third-order valence-electron chi connectivity index (χ3n) is 1.65. The maximum Gasteiger partial charge on any atom is 0.151 e. The summed E-state index contributed by atoms with van der Waals surface area (Å²) in [5.41, 5.74) is 2.20. The first-order chi connectivity index (χ1) is 5.68. The lowest BCUT2D eigenvalue weighted by Crippen LogP contribution is -1.89. The quantitative estimate of drug-likeness (QED) is 0.676. The van der Waals surface area contributed by atoms with Crippen LogP contribution in [-0.2, 0) is 0 Å². The van der Waals surface area contributed by atoms with Crippen molar-refractivity contribution in [3.8, 4) is 0 Å². The number of aromatic nitrogens is 2. The largest absolute Gasteiger partial charge is 0.294 e. The highest BCUT2D eigenvalue weighted by atomic mass is 127. The Morgan fingerprint density at radius 1 is 1.58 bits per heavy atom. The molecule has 12 heavy (non-hydrogen) atoms. The van der Waals surface area contributed by atoms with Gasteiger partial charge in [0.25, 0.3) is 0 Å². The molecule has 0 atom stereocenters. The summed E-state index contributed by atoms with van der Waals surface area (Å²) in [5.74, 6) is 0. The number of halogens is 2. The number of imidazole rings is 1. The first-order valence-corrected chi connectivity index (χ1v) is 5.34. The van der Waals surface area contributed by atoms with E-state index in [1.54, 1.807) is 0 Å². The van der Waals surface area contributed by atoms with E-state index in [-0.39, 0.29) is 0 Å². The molecular weight excluding hydrogens is 331 g/mol. The predicted octanol–water partition coefficient (Wildman–Crippen LogP) is 3.01. The fraction of sp³-hybridized carbons (Fsp3) is 0.125. The molecule has 2 rings (SSSR count). The fourth-order valence-corrected chi connectivity index (χ4v) is 2.31. The van der Waals surface area contributed by atoms with Crippen LogP contribution >= 0.6 is 38.5 Å². The summed E-state index contributed by atoms with van der Waals surface area (Å²) in [6.45, 7) is 2.07. The minimum absolute atomic E-state index is 0.977. The Kier molecular flexibility index (Phi) is 2.12. The Balaban J connectivity index is 2.92. The maximum atomic E-state index is 4.27. The molecule has 0 fully saturated rings. The molecule has 0 amide bonds. The molecule has 0 saturated heterocycles. The number of nitrogens with zero attached hydrogens (tertiary/aromatic N) is 2. The van der Waals surface area contributed by atoms with Gasteiger partial charge in [0.2, 0.25) is 0 Å². The van der Waals surface area contributed by atoms with Crippen LogP contribution in [0.2, 0.25) is 0 Å². The molecule has 0 bridgehead atoms. The van der Waals surface area contributed by atoms with Crippen LogP contribution in [-0.4, -0.2) is 9.38 Å². The summed E-state index contributed by atoms with van der Waals surface area (Å²) >= 11 is 5.74. The van der Waals surface area contributed by atoms with Gasteiger partial charge in [0, 0.05) is 6.20 Å². The van der Waals surface area contributed by atoms with Crippen LogP contribution in [0, 0.1) is 10.6 Å². The molecule has 0 N–H and O–H groups in total. The van der Waals surface area contributed by atoms with E-state index in [0.29, 0.717) is 0 Å². The molecule has 0 radical (unpaired) electrons. The fourth-order valence-electron chi connectivity index (χ4n) is 1.14. The number of pyridine rings is 1. The highest BCUT2D eigenvalue weighted by Gasteiger charge is 2.03. The number of hydrogen-bond acceptors (Lipinski definition) is 1. The molecular formula is C8H6BrIN2. The Morgan fingerprint density at radius 2 is 2.33 bits per heavy atom. The third kappa shape index (κ3) is 1.26. The SMILES string of the molecule is Cc1cc(Br)c2ncc(I)n2c1. The summed E-state index contributed by atoms with van der Waals surface area (Å²) in [6, 6.07) is 2.07. The molecule has 0 aliphatic heterocycles. The maximum absolute atomic E-state index is 4.27. The number of fused-ring (bicyclic) bond motifs is 1. The lowest BCUT2D eigenvalue weighted by atomic mass is 10.3. The average molecular weight is 337 g/mol. The van der Waals surface area contributed by atoms with Gasteiger partial charge in [0.15, 0.2) is 5.65 Å². The van der Waals surface area contributed by atoms with Gasteiger partial charge in [-0.05, 0) is 57.1 Å². The van der Waals surface area contributed by atoms with E-state index < -0.39 is 0 Å². The predicted molar refractivity (Wildman–Crippen MR) is 60.3 cm³/mol. The van der Waals surface area contributed by atoms with E-state index in [2.05, 4.69) is 67.1 Å². The van der Waals surface area contributed by atoms with Gasteiger partial charge < -0.3 is 0 Å². The number of aryl methyl sites for hydroxylation is 1. The topological polar surface area (TPSA) is 17.3 Å². The van der Waals surface area contributed by atoms with Crippen LogP contribution < -0.4 is 0 Å².